The maximum Gasteiger partial charge on any atom is 0.307 e. The van der Waals surface area contributed by atoms with Crippen LogP contribution in [0, 0.1) is 0 Å². The van der Waals surface area contributed by atoms with Crippen LogP contribution >= 0.6 is 0 Å². The van der Waals surface area contributed by atoms with E-state index >= 15 is 0 Å². The molecule has 0 saturated heterocycles. The summed E-state index contributed by atoms with van der Waals surface area (Å²) in [4.78, 5) is 26.1. The maximum absolute atomic E-state index is 11.5. The fourth-order valence-electron chi connectivity index (χ4n) is 1.54. The molecule has 0 amide bonds. The minimum atomic E-state index is -0.901. The van der Waals surface area contributed by atoms with Gasteiger partial charge in [-0.25, -0.2) is 0 Å². The summed E-state index contributed by atoms with van der Waals surface area (Å²) in [6, 6.07) is 4.98. The lowest BCUT2D eigenvalue weighted by Gasteiger charge is -2.09. The van der Waals surface area contributed by atoms with Crippen molar-refractivity contribution < 1.29 is 14.7 Å². The van der Waals surface area contributed by atoms with Gasteiger partial charge >= 0.3 is 5.97 Å². The van der Waals surface area contributed by atoms with Crippen molar-refractivity contribution in [1.29, 1.82) is 0 Å². The number of carbonyl (C=O) groups is 2. The lowest BCUT2D eigenvalue weighted by molar-refractivity contribution is -0.136. The summed E-state index contributed by atoms with van der Waals surface area (Å²) in [6.45, 7) is 0. The van der Waals surface area contributed by atoms with Crippen LogP contribution in [0.4, 0.5) is 5.69 Å². The molecule has 1 N–H and O–H groups in total. The van der Waals surface area contributed by atoms with Gasteiger partial charge in [-0.2, -0.15) is 0 Å². The molecule has 4 nitrogen and oxygen atoms in total. The SMILES string of the molecule is O=C(O)Cc1ccc2c(c1)C(=O)CC=N2. The molecule has 0 aliphatic carbocycles. The van der Waals surface area contributed by atoms with Crippen molar-refractivity contribution in [2.24, 2.45) is 4.99 Å². The van der Waals surface area contributed by atoms with Crippen molar-refractivity contribution in [2.75, 3.05) is 0 Å². The van der Waals surface area contributed by atoms with Crippen LogP contribution in [0.25, 0.3) is 0 Å². The van der Waals surface area contributed by atoms with Gasteiger partial charge < -0.3 is 5.11 Å². The first-order chi connectivity index (χ1) is 7.16. The van der Waals surface area contributed by atoms with E-state index in [0.717, 1.165) is 0 Å². The van der Waals surface area contributed by atoms with Crippen molar-refractivity contribution in [3.63, 3.8) is 0 Å². The van der Waals surface area contributed by atoms with Gasteiger partial charge in [-0.05, 0) is 17.7 Å². The van der Waals surface area contributed by atoms with Crippen LogP contribution in [-0.4, -0.2) is 23.1 Å². The summed E-state index contributed by atoms with van der Waals surface area (Å²) in [5, 5.41) is 8.62. The van der Waals surface area contributed by atoms with E-state index in [-0.39, 0.29) is 12.2 Å². The Morgan fingerprint density at radius 1 is 1.47 bits per heavy atom. The van der Waals surface area contributed by atoms with Gasteiger partial charge in [0.05, 0.1) is 12.1 Å². The van der Waals surface area contributed by atoms with Crippen LogP contribution in [0.3, 0.4) is 0 Å². The van der Waals surface area contributed by atoms with Gasteiger partial charge in [-0.3, -0.25) is 14.6 Å². The van der Waals surface area contributed by atoms with Crippen molar-refractivity contribution in [3.8, 4) is 0 Å². The summed E-state index contributed by atoms with van der Waals surface area (Å²) in [5.74, 6) is -0.908. The lowest BCUT2D eigenvalue weighted by Crippen LogP contribution is -2.07. The van der Waals surface area contributed by atoms with E-state index in [1.165, 1.54) is 0 Å². The van der Waals surface area contributed by atoms with Crippen LogP contribution in [0.5, 0.6) is 0 Å². The molecule has 2 rings (SSSR count). The highest BCUT2D eigenvalue weighted by atomic mass is 16.4. The first-order valence-electron chi connectivity index (χ1n) is 4.57. The van der Waals surface area contributed by atoms with Crippen molar-refractivity contribution in [3.05, 3.63) is 29.3 Å². The van der Waals surface area contributed by atoms with Gasteiger partial charge in [0, 0.05) is 18.2 Å². The summed E-state index contributed by atoms with van der Waals surface area (Å²) in [7, 11) is 0. The lowest BCUT2D eigenvalue weighted by atomic mass is 10.00. The second-order valence-corrected chi connectivity index (χ2v) is 3.36. The third-order valence-electron chi connectivity index (χ3n) is 2.22. The first-order valence-corrected chi connectivity index (χ1v) is 4.57. The van der Waals surface area contributed by atoms with E-state index in [2.05, 4.69) is 4.99 Å². The van der Waals surface area contributed by atoms with E-state index in [1.807, 2.05) is 0 Å². The molecule has 1 aliphatic rings. The van der Waals surface area contributed by atoms with Crippen LogP contribution in [0.1, 0.15) is 22.3 Å². The molecule has 0 aromatic heterocycles. The fraction of sp³-hybridized carbons (Fsp3) is 0.182. The number of benzene rings is 1. The number of nitrogens with zero attached hydrogens (tertiary/aromatic N) is 1. The fourth-order valence-corrected chi connectivity index (χ4v) is 1.54. The summed E-state index contributed by atoms with van der Waals surface area (Å²) < 4.78 is 0. The van der Waals surface area contributed by atoms with Crippen LogP contribution in [-0.2, 0) is 11.2 Å². The molecule has 1 aliphatic heterocycles. The molecule has 1 aromatic rings. The molecule has 0 spiro atoms. The smallest absolute Gasteiger partial charge is 0.307 e. The number of carboxylic acids is 1. The number of rotatable bonds is 2. The molecule has 1 heterocycles. The Hall–Kier alpha value is -1.97. The van der Waals surface area contributed by atoms with Gasteiger partial charge in [0.25, 0.3) is 0 Å². The highest BCUT2D eigenvalue weighted by molar-refractivity contribution is 6.10. The molecule has 4 heteroatoms. The number of ketones is 1. The summed E-state index contributed by atoms with van der Waals surface area (Å²) >= 11 is 0. The van der Waals surface area contributed by atoms with Crippen LogP contribution < -0.4 is 0 Å². The quantitative estimate of drug-likeness (QED) is 0.793. The minimum Gasteiger partial charge on any atom is -0.481 e. The Bertz CT molecular complexity index is 463. The Balaban J connectivity index is 2.40. The molecule has 0 radical (unpaired) electrons. The molecule has 0 unspecified atom stereocenters. The number of hydrogen-bond acceptors (Lipinski definition) is 3. The second kappa shape index (κ2) is 3.65. The number of aliphatic carboxylic acids is 1. The normalized spacial score (nSPS) is 13.7. The Kier molecular flexibility index (Phi) is 2.33. The molecule has 15 heavy (non-hydrogen) atoms. The van der Waals surface area contributed by atoms with E-state index in [1.54, 1.807) is 24.4 Å². The van der Waals surface area contributed by atoms with E-state index in [4.69, 9.17) is 5.11 Å². The number of carbonyl (C=O) groups excluding carboxylic acids is 1. The van der Waals surface area contributed by atoms with Gasteiger partial charge in [0.1, 0.15) is 0 Å². The number of fused-ring (bicyclic) bond motifs is 1. The van der Waals surface area contributed by atoms with Gasteiger partial charge in [0.2, 0.25) is 0 Å². The van der Waals surface area contributed by atoms with Crippen molar-refractivity contribution in [1.82, 2.24) is 0 Å². The molecule has 76 valence electrons. The summed E-state index contributed by atoms with van der Waals surface area (Å²) in [6.07, 6.45) is 1.80. The highest BCUT2D eigenvalue weighted by Gasteiger charge is 2.15. The predicted octanol–water partition coefficient (Wildman–Crippen LogP) is 1.60. The highest BCUT2D eigenvalue weighted by Crippen LogP contribution is 2.25. The first kappa shape index (κ1) is 9.58. The standard InChI is InChI=1S/C11H9NO3/c13-10-3-4-12-9-2-1-7(5-8(9)10)6-11(14)15/h1-2,4-5H,3,6H2,(H,14,15). The molecular formula is C11H9NO3. The molecule has 0 fully saturated rings. The van der Waals surface area contributed by atoms with Gasteiger partial charge in [-0.1, -0.05) is 6.07 Å². The Morgan fingerprint density at radius 3 is 3.00 bits per heavy atom. The van der Waals surface area contributed by atoms with Crippen LogP contribution in [0.15, 0.2) is 23.2 Å². The molecular weight excluding hydrogens is 194 g/mol. The van der Waals surface area contributed by atoms with E-state index < -0.39 is 5.97 Å². The number of Topliss-reactive ketones (excluding diaryl/α,β-unsaturated/α-hetero) is 1. The minimum absolute atomic E-state index is 0.00719. The van der Waals surface area contributed by atoms with Gasteiger partial charge in [-0.15, -0.1) is 0 Å². The number of aliphatic imine (C=N–C) groups is 1. The Morgan fingerprint density at radius 2 is 2.27 bits per heavy atom. The Labute approximate surface area is 86.3 Å². The molecule has 0 atom stereocenters. The third kappa shape index (κ3) is 1.93. The van der Waals surface area contributed by atoms with Crippen molar-refractivity contribution >= 4 is 23.7 Å². The number of carboxylic acid groups (broad SMARTS) is 1. The van der Waals surface area contributed by atoms with Crippen LogP contribution in [0.2, 0.25) is 0 Å². The van der Waals surface area contributed by atoms with Gasteiger partial charge in [0.15, 0.2) is 5.78 Å². The third-order valence-corrected chi connectivity index (χ3v) is 2.22. The molecule has 1 aromatic carbocycles. The largest absolute Gasteiger partial charge is 0.481 e. The molecule has 0 bridgehead atoms. The van der Waals surface area contributed by atoms with E-state index in [0.29, 0.717) is 23.2 Å². The van der Waals surface area contributed by atoms with Crippen molar-refractivity contribution in [2.45, 2.75) is 12.8 Å². The monoisotopic (exact) mass is 203 g/mol. The predicted molar refractivity (Wildman–Crippen MR) is 54.9 cm³/mol. The topological polar surface area (TPSA) is 66.7 Å². The zero-order chi connectivity index (χ0) is 10.8. The zero-order valence-electron chi connectivity index (χ0n) is 7.93. The maximum atomic E-state index is 11.5. The zero-order valence-corrected chi connectivity index (χ0v) is 7.93. The van der Waals surface area contributed by atoms with E-state index in [9.17, 15) is 9.59 Å². The average Bonchev–Trinajstić information content (AvgIpc) is 2.18. The molecule has 0 saturated carbocycles. The summed E-state index contributed by atoms with van der Waals surface area (Å²) in [5.41, 5.74) is 1.78. The number of hydrogen-bond donors (Lipinski definition) is 1. The average molecular weight is 203 g/mol. The second-order valence-electron chi connectivity index (χ2n) is 3.36.